The highest BCUT2D eigenvalue weighted by Crippen LogP contribution is 2.50. The molecule has 0 radical (unpaired) electrons. The van der Waals surface area contributed by atoms with Crippen molar-refractivity contribution in [2.75, 3.05) is 11.1 Å². The van der Waals surface area contributed by atoms with Crippen LogP contribution in [-0.4, -0.2) is 30.3 Å². The van der Waals surface area contributed by atoms with Crippen molar-refractivity contribution in [1.29, 1.82) is 0 Å². The second-order valence-corrected chi connectivity index (χ2v) is 7.83. The monoisotopic (exact) mass is 281 g/mol. The summed E-state index contributed by atoms with van der Waals surface area (Å²) in [5.41, 5.74) is 5.85. The predicted octanol–water partition coefficient (Wildman–Crippen LogP) is 1.07. The number of hydrogen-bond acceptors (Lipinski definition) is 3. The van der Waals surface area contributed by atoms with Crippen molar-refractivity contribution in [1.82, 2.24) is 0 Å². The first-order valence-corrected chi connectivity index (χ1v) is 7.80. The van der Waals surface area contributed by atoms with E-state index < -0.39 is 14.6 Å². The average Bonchev–Trinajstić information content (AvgIpc) is 2.05. The minimum Gasteiger partial charge on any atom is -0.328 e. The average molecular weight is 282 g/mol. The molecule has 2 rings (SSSR count). The van der Waals surface area contributed by atoms with Gasteiger partial charge in [-0.15, -0.1) is 0 Å². The Morgan fingerprint density at radius 1 is 1.36 bits per heavy atom. The molecule has 1 spiro atoms. The Balaban J connectivity index is 2.16. The van der Waals surface area contributed by atoms with Crippen LogP contribution in [0.5, 0.6) is 0 Å². The van der Waals surface area contributed by atoms with Gasteiger partial charge in [-0.25, -0.2) is 8.42 Å². The van der Waals surface area contributed by atoms with Crippen molar-refractivity contribution in [2.24, 2.45) is 11.7 Å². The molecule has 0 amide bonds. The van der Waals surface area contributed by atoms with Crippen LogP contribution in [0.3, 0.4) is 0 Å². The fourth-order valence-electron chi connectivity index (χ4n) is 2.75. The maximum Gasteiger partial charge on any atom is 0.156 e. The Kier molecular flexibility index (Phi) is 2.69. The predicted molar refractivity (Wildman–Crippen MR) is 60.2 cm³/mol. The van der Waals surface area contributed by atoms with Crippen LogP contribution in [0.1, 0.15) is 25.7 Å². The van der Waals surface area contributed by atoms with Crippen LogP contribution >= 0.6 is 15.9 Å². The van der Waals surface area contributed by atoms with E-state index in [1.165, 1.54) is 0 Å². The smallest absolute Gasteiger partial charge is 0.156 e. The molecule has 1 saturated carbocycles. The van der Waals surface area contributed by atoms with Crippen molar-refractivity contribution >= 4 is 25.8 Å². The zero-order chi connectivity index (χ0) is 10.4. The van der Waals surface area contributed by atoms with Crippen LogP contribution in [0.25, 0.3) is 0 Å². The van der Waals surface area contributed by atoms with Gasteiger partial charge in [-0.3, -0.25) is 0 Å². The molecule has 0 bridgehead atoms. The van der Waals surface area contributed by atoms with Crippen LogP contribution in [0.2, 0.25) is 0 Å². The molecule has 5 heteroatoms. The Morgan fingerprint density at radius 3 is 2.57 bits per heavy atom. The lowest BCUT2D eigenvalue weighted by Crippen LogP contribution is -2.57. The molecular weight excluding hydrogens is 266 g/mol. The molecule has 0 aromatic carbocycles. The molecule has 1 aliphatic carbocycles. The van der Waals surface area contributed by atoms with Gasteiger partial charge in [-0.1, -0.05) is 15.9 Å². The van der Waals surface area contributed by atoms with Crippen LogP contribution in [-0.2, 0) is 9.84 Å². The summed E-state index contributed by atoms with van der Waals surface area (Å²) < 4.78 is 23.4. The van der Waals surface area contributed by atoms with Crippen LogP contribution in [0, 0.1) is 5.92 Å². The first kappa shape index (κ1) is 10.9. The van der Waals surface area contributed by atoms with Gasteiger partial charge in [0.25, 0.3) is 0 Å². The number of nitrogens with two attached hydrogens (primary N) is 1. The molecule has 0 aromatic heterocycles. The number of sulfone groups is 1. The zero-order valence-corrected chi connectivity index (χ0v) is 10.5. The Labute approximate surface area is 93.5 Å². The molecular formula is C9H16BrNO2S. The van der Waals surface area contributed by atoms with E-state index in [0.29, 0.717) is 24.5 Å². The molecule has 1 aliphatic heterocycles. The minimum absolute atomic E-state index is 0.0924. The van der Waals surface area contributed by atoms with E-state index in [4.69, 9.17) is 5.73 Å². The summed E-state index contributed by atoms with van der Waals surface area (Å²) in [6.45, 7) is 0. The summed E-state index contributed by atoms with van der Waals surface area (Å²) in [6.07, 6.45) is 2.95. The van der Waals surface area contributed by atoms with E-state index in [9.17, 15) is 8.42 Å². The zero-order valence-electron chi connectivity index (χ0n) is 8.08. The Hall–Kier alpha value is 0.390. The number of halogens is 1. The van der Waals surface area contributed by atoms with E-state index in [0.717, 1.165) is 18.2 Å². The summed E-state index contributed by atoms with van der Waals surface area (Å²) in [5.74, 6) is 0.832. The normalized spacial score (nSPS) is 46.1. The van der Waals surface area contributed by atoms with Crippen molar-refractivity contribution in [3.8, 4) is 0 Å². The highest BCUT2D eigenvalue weighted by atomic mass is 79.9. The summed E-state index contributed by atoms with van der Waals surface area (Å²) in [4.78, 5) is 0. The Bertz CT molecular complexity index is 322. The third-order valence-electron chi connectivity index (χ3n) is 3.59. The highest BCUT2D eigenvalue weighted by molar-refractivity contribution is 9.09. The number of alkyl halides is 1. The van der Waals surface area contributed by atoms with Crippen LogP contribution in [0.4, 0.5) is 0 Å². The number of hydrogen-bond donors (Lipinski definition) is 1. The van der Waals surface area contributed by atoms with Crippen molar-refractivity contribution in [3.63, 3.8) is 0 Å². The van der Waals surface area contributed by atoms with Crippen molar-refractivity contribution in [3.05, 3.63) is 0 Å². The molecule has 2 N–H and O–H groups in total. The van der Waals surface area contributed by atoms with Gasteiger partial charge in [-0.2, -0.15) is 0 Å². The molecule has 2 aliphatic rings. The van der Waals surface area contributed by atoms with E-state index in [-0.39, 0.29) is 6.04 Å². The molecule has 3 nitrogen and oxygen atoms in total. The maximum absolute atomic E-state index is 11.9. The fraction of sp³-hybridized carbons (Fsp3) is 1.00. The van der Waals surface area contributed by atoms with E-state index >= 15 is 0 Å². The summed E-state index contributed by atoms with van der Waals surface area (Å²) in [5, 5.41) is 0.916. The second kappa shape index (κ2) is 3.46. The molecule has 1 heterocycles. The molecule has 1 atom stereocenters. The van der Waals surface area contributed by atoms with Gasteiger partial charge < -0.3 is 5.73 Å². The van der Waals surface area contributed by atoms with Crippen LogP contribution in [0.15, 0.2) is 0 Å². The van der Waals surface area contributed by atoms with Gasteiger partial charge >= 0.3 is 0 Å². The molecule has 2 fully saturated rings. The van der Waals surface area contributed by atoms with Gasteiger partial charge in [0.2, 0.25) is 0 Å². The quantitative estimate of drug-likeness (QED) is 0.732. The van der Waals surface area contributed by atoms with Gasteiger partial charge in [-0.05, 0) is 31.6 Å². The van der Waals surface area contributed by atoms with Gasteiger partial charge in [0.1, 0.15) is 0 Å². The lowest BCUT2D eigenvalue weighted by molar-refractivity contribution is 0.208. The van der Waals surface area contributed by atoms with Gasteiger partial charge in [0.15, 0.2) is 9.84 Å². The second-order valence-electron chi connectivity index (χ2n) is 4.68. The standard InChI is InChI=1S/C9H16BrNO2S/c10-6-7-3-9(4-7)5-8(11)1-2-14(9,12)13/h7-8H,1-6,11H2. The highest BCUT2D eigenvalue weighted by Gasteiger charge is 2.55. The molecule has 1 unspecified atom stereocenters. The largest absolute Gasteiger partial charge is 0.328 e. The van der Waals surface area contributed by atoms with E-state index in [1.54, 1.807) is 0 Å². The van der Waals surface area contributed by atoms with Crippen LogP contribution < -0.4 is 5.73 Å². The first-order valence-electron chi connectivity index (χ1n) is 5.03. The van der Waals surface area contributed by atoms with Crippen molar-refractivity contribution < 1.29 is 8.42 Å². The molecule has 82 valence electrons. The summed E-state index contributed by atoms with van der Waals surface area (Å²) in [6, 6.07) is 0.0924. The molecule has 14 heavy (non-hydrogen) atoms. The van der Waals surface area contributed by atoms with E-state index in [2.05, 4.69) is 15.9 Å². The third-order valence-corrected chi connectivity index (χ3v) is 7.10. The lowest BCUT2D eigenvalue weighted by Gasteiger charge is -2.50. The SMILES string of the molecule is NC1CCS(=O)(=O)C2(C1)CC(CBr)C2. The van der Waals surface area contributed by atoms with Gasteiger partial charge in [0, 0.05) is 11.4 Å². The van der Waals surface area contributed by atoms with E-state index in [1.807, 2.05) is 0 Å². The first-order chi connectivity index (χ1) is 6.49. The summed E-state index contributed by atoms with van der Waals surface area (Å²) in [7, 11) is -2.86. The molecule has 0 aromatic rings. The minimum atomic E-state index is -2.86. The number of rotatable bonds is 1. The molecule has 1 saturated heterocycles. The lowest BCUT2D eigenvalue weighted by atomic mass is 9.71. The fourth-order valence-corrected chi connectivity index (χ4v) is 5.70. The van der Waals surface area contributed by atoms with Gasteiger partial charge in [0.05, 0.1) is 10.5 Å². The topological polar surface area (TPSA) is 60.2 Å². The summed E-state index contributed by atoms with van der Waals surface area (Å²) >= 11 is 3.40. The van der Waals surface area contributed by atoms with Crippen molar-refractivity contribution in [2.45, 2.75) is 36.5 Å². The maximum atomic E-state index is 11.9. The third kappa shape index (κ3) is 1.53. The Morgan fingerprint density at radius 2 is 2.00 bits per heavy atom.